The molecular formula is C15H20Cl2N2O4S. The van der Waals surface area contributed by atoms with Crippen LogP contribution in [0.2, 0.25) is 10.0 Å². The van der Waals surface area contributed by atoms with Gasteiger partial charge < -0.3 is 9.64 Å². The van der Waals surface area contributed by atoms with E-state index in [0.29, 0.717) is 13.1 Å². The highest BCUT2D eigenvalue weighted by Gasteiger charge is 2.29. The van der Waals surface area contributed by atoms with E-state index < -0.39 is 10.0 Å². The maximum Gasteiger partial charge on any atom is 0.243 e. The third-order valence-corrected chi connectivity index (χ3v) is 6.27. The minimum Gasteiger partial charge on any atom is -0.372 e. The number of likely N-dealkylation sites (N-methyl/N-ethyl adjacent to an activating group) is 1. The number of carbonyl (C=O) groups is 1. The maximum absolute atomic E-state index is 12.6. The number of hydrogen-bond donors (Lipinski definition) is 0. The molecule has 0 aliphatic carbocycles. The second-order valence-corrected chi connectivity index (χ2v) is 8.75. The number of carbonyl (C=O) groups excluding carboxylic acids is 1. The molecule has 134 valence electrons. The monoisotopic (exact) mass is 394 g/mol. The molecule has 0 bridgehead atoms. The fraction of sp³-hybridized carbons (Fsp3) is 0.533. The summed E-state index contributed by atoms with van der Waals surface area (Å²) >= 11 is 11.7. The van der Waals surface area contributed by atoms with E-state index in [1.807, 2.05) is 13.8 Å². The Morgan fingerprint density at radius 3 is 2.38 bits per heavy atom. The lowest BCUT2D eigenvalue weighted by Gasteiger charge is -2.36. The maximum atomic E-state index is 12.6. The number of benzene rings is 1. The molecule has 9 heteroatoms. The Morgan fingerprint density at radius 1 is 1.25 bits per heavy atom. The molecule has 0 spiro atoms. The van der Waals surface area contributed by atoms with Crippen molar-refractivity contribution in [2.45, 2.75) is 31.0 Å². The van der Waals surface area contributed by atoms with Gasteiger partial charge in [0.05, 0.1) is 33.7 Å². The van der Waals surface area contributed by atoms with E-state index in [1.165, 1.54) is 25.2 Å². The molecule has 1 fully saturated rings. The molecule has 24 heavy (non-hydrogen) atoms. The predicted octanol–water partition coefficient (Wildman–Crippen LogP) is 2.25. The third kappa shape index (κ3) is 4.40. The van der Waals surface area contributed by atoms with Gasteiger partial charge in [0.25, 0.3) is 0 Å². The van der Waals surface area contributed by atoms with Gasteiger partial charge in [0, 0.05) is 20.1 Å². The first-order valence-electron chi connectivity index (χ1n) is 7.46. The molecule has 1 aliphatic rings. The van der Waals surface area contributed by atoms with Gasteiger partial charge in [-0.1, -0.05) is 23.2 Å². The molecule has 2 atom stereocenters. The van der Waals surface area contributed by atoms with Crippen molar-refractivity contribution in [2.24, 2.45) is 0 Å². The SMILES string of the molecule is C[C@@H]1CN(C(=O)CN(C)S(=O)(=O)c2ccc(Cl)c(Cl)c2)C[C@@H](C)O1. The summed E-state index contributed by atoms with van der Waals surface area (Å²) in [6.07, 6.45) is -0.149. The van der Waals surface area contributed by atoms with E-state index in [-0.39, 0.29) is 39.6 Å². The fourth-order valence-corrected chi connectivity index (χ4v) is 4.08. The lowest BCUT2D eigenvalue weighted by molar-refractivity contribution is -0.143. The number of nitrogens with zero attached hydrogens (tertiary/aromatic N) is 2. The second-order valence-electron chi connectivity index (χ2n) is 5.89. The quantitative estimate of drug-likeness (QED) is 0.785. The lowest BCUT2D eigenvalue weighted by Crippen LogP contribution is -2.51. The first-order chi connectivity index (χ1) is 11.1. The van der Waals surface area contributed by atoms with E-state index in [4.69, 9.17) is 27.9 Å². The number of ether oxygens (including phenoxy) is 1. The molecule has 2 rings (SSSR count). The summed E-state index contributed by atoms with van der Waals surface area (Å²) in [6.45, 7) is 4.41. The van der Waals surface area contributed by atoms with Crippen LogP contribution in [0.25, 0.3) is 0 Å². The highest BCUT2D eigenvalue weighted by atomic mass is 35.5. The molecule has 1 aromatic rings. The van der Waals surface area contributed by atoms with Crippen LogP contribution in [0.5, 0.6) is 0 Å². The molecule has 0 N–H and O–H groups in total. The number of sulfonamides is 1. The molecular weight excluding hydrogens is 375 g/mol. The Kier molecular flexibility index (Phi) is 6.14. The Balaban J connectivity index is 2.11. The van der Waals surface area contributed by atoms with Crippen molar-refractivity contribution in [3.05, 3.63) is 28.2 Å². The van der Waals surface area contributed by atoms with Crippen molar-refractivity contribution in [3.63, 3.8) is 0 Å². The van der Waals surface area contributed by atoms with Crippen molar-refractivity contribution in [1.29, 1.82) is 0 Å². The summed E-state index contributed by atoms with van der Waals surface area (Å²) in [5.41, 5.74) is 0. The summed E-state index contributed by atoms with van der Waals surface area (Å²) in [6, 6.07) is 4.06. The van der Waals surface area contributed by atoms with Crippen molar-refractivity contribution >= 4 is 39.1 Å². The fourth-order valence-electron chi connectivity index (χ4n) is 2.57. The van der Waals surface area contributed by atoms with Crippen LogP contribution in [-0.4, -0.2) is 62.4 Å². The molecule has 1 amide bonds. The van der Waals surface area contributed by atoms with Gasteiger partial charge in [-0.25, -0.2) is 8.42 Å². The Hall–Kier alpha value is -0.860. The first kappa shape index (κ1) is 19.5. The second kappa shape index (κ2) is 7.58. The molecule has 6 nitrogen and oxygen atoms in total. The largest absolute Gasteiger partial charge is 0.372 e. The molecule has 0 radical (unpaired) electrons. The first-order valence-corrected chi connectivity index (χ1v) is 9.65. The third-order valence-electron chi connectivity index (χ3n) is 3.73. The average Bonchev–Trinajstić information content (AvgIpc) is 2.48. The van der Waals surface area contributed by atoms with E-state index in [2.05, 4.69) is 0 Å². The number of hydrogen-bond acceptors (Lipinski definition) is 4. The zero-order valence-corrected chi connectivity index (χ0v) is 16.0. The molecule has 0 aromatic heterocycles. The molecule has 1 saturated heterocycles. The number of rotatable bonds is 4. The summed E-state index contributed by atoms with van der Waals surface area (Å²) < 4.78 is 31.7. The van der Waals surface area contributed by atoms with Gasteiger partial charge in [-0.05, 0) is 32.0 Å². The topological polar surface area (TPSA) is 66.9 Å². The summed E-state index contributed by atoms with van der Waals surface area (Å²) in [4.78, 5) is 14.0. The lowest BCUT2D eigenvalue weighted by atomic mass is 10.2. The highest BCUT2D eigenvalue weighted by Crippen LogP contribution is 2.26. The average molecular weight is 395 g/mol. The Morgan fingerprint density at radius 2 is 1.83 bits per heavy atom. The summed E-state index contributed by atoms with van der Waals surface area (Å²) in [5.74, 6) is -0.261. The van der Waals surface area contributed by atoms with Gasteiger partial charge in [0.15, 0.2) is 0 Å². The Bertz CT molecular complexity index is 716. The van der Waals surface area contributed by atoms with Crippen LogP contribution in [0.4, 0.5) is 0 Å². The van der Waals surface area contributed by atoms with E-state index in [0.717, 1.165) is 4.31 Å². The molecule has 0 saturated carbocycles. The summed E-state index contributed by atoms with van der Waals surface area (Å²) in [7, 11) is -2.46. The minimum atomic E-state index is -3.83. The highest BCUT2D eigenvalue weighted by molar-refractivity contribution is 7.89. The zero-order chi connectivity index (χ0) is 18.1. The van der Waals surface area contributed by atoms with Crippen molar-refractivity contribution in [2.75, 3.05) is 26.7 Å². The minimum absolute atomic E-state index is 0.00378. The van der Waals surface area contributed by atoms with E-state index in [9.17, 15) is 13.2 Å². The number of amides is 1. The van der Waals surface area contributed by atoms with Gasteiger partial charge in [-0.2, -0.15) is 4.31 Å². The van der Waals surface area contributed by atoms with Crippen LogP contribution in [0.15, 0.2) is 23.1 Å². The molecule has 1 aromatic carbocycles. The molecule has 0 unspecified atom stereocenters. The van der Waals surface area contributed by atoms with Crippen molar-refractivity contribution < 1.29 is 17.9 Å². The number of halogens is 2. The van der Waals surface area contributed by atoms with Crippen LogP contribution in [0.1, 0.15) is 13.8 Å². The van der Waals surface area contributed by atoms with E-state index in [1.54, 1.807) is 4.90 Å². The van der Waals surface area contributed by atoms with Crippen molar-refractivity contribution in [3.8, 4) is 0 Å². The zero-order valence-electron chi connectivity index (χ0n) is 13.7. The standard InChI is InChI=1S/C15H20Cl2N2O4S/c1-10-7-19(8-11(2)23-10)15(20)9-18(3)24(21,22)12-4-5-13(16)14(17)6-12/h4-6,10-11H,7-9H2,1-3H3/t10-,11-/m1/s1. The van der Waals surface area contributed by atoms with Crippen LogP contribution in [0, 0.1) is 0 Å². The molecule has 1 aliphatic heterocycles. The van der Waals surface area contributed by atoms with Crippen molar-refractivity contribution in [1.82, 2.24) is 9.21 Å². The van der Waals surface area contributed by atoms with Crippen LogP contribution in [0.3, 0.4) is 0 Å². The van der Waals surface area contributed by atoms with Crippen LogP contribution < -0.4 is 0 Å². The van der Waals surface area contributed by atoms with Gasteiger partial charge >= 0.3 is 0 Å². The molecule has 1 heterocycles. The normalized spacial score (nSPS) is 22.0. The van der Waals surface area contributed by atoms with Crippen LogP contribution >= 0.6 is 23.2 Å². The summed E-state index contributed by atoms with van der Waals surface area (Å²) in [5, 5.41) is 0.416. The van der Waals surface area contributed by atoms with Gasteiger partial charge in [0.2, 0.25) is 15.9 Å². The van der Waals surface area contributed by atoms with Gasteiger partial charge in [0.1, 0.15) is 0 Å². The van der Waals surface area contributed by atoms with Crippen LogP contribution in [-0.2, 0) is 19.6 Å². The Labute approximate surface area is 152 Å². The van der Waals surface area contributed by atoms with Gasteiger partial charge in [-0.3, -0.25) is 4.79 Å². The van der Waals surface area contributed by atoms with E-state index >= 15 is 0 Å². The van der Waals surface area contributed by atoms with Gasteiger partial charge in [-0.15, -0.1) is 0 Å². The predicted molar refractivity (Wildman–Crippen MR) is 92.9 cm³/mol. The smallest absolute Gasteiger partial charge is 0.243 e. The number of morpholine rings is 1.